The molecule has 0 rings (SSSR count). The van der Waals surface area contributed by atoms with Crippen LogP contribution in [-0.2, 0) is 0 Å². The van der Waals surface area contributed by atoms with E-state index in [0.29, 0.717) is 0 Å². The monoisotopic (exact) mass is 299 g/mol. The molecule has 0 atom stereocenters. The van der Waals surface area contributed by atoms with Gasteiger partial charge in [0.05, 0.1) is 33.5 Å². The number of nitrogens with zero attached hydrogens (tertiary/aromatic N) is 2. The van der Waals surface area contributed by atoms with E-state index in [9.17, 15) is 0 Å². The van der Waals surface area contributed by atoms with Crippen LogP contribution in [0, 0.1) is 0 Å². The predicted molar refractivity (Wildman–Crippen MR) is 54.3 cm³/mol. The van der Waals surface area contributed by atoms with Gasteiger partial charge in [0.25, 0.3) is 0 Å². The fourth-order valence-electron chi connectivity index (χ4n) is 0.880. The Labute approximate surface area is 99.0 Å². The van der Waals surface area contributed by atoms with Crippen molar-refractivity contribution < 1.29 is 28.5 Å². The molecule has 0 saturated heterocycles. The molecule has 0 aliphatic heterocycles. The van der Waals surface area contributed by atoms with Gasteiger partial charge in [-0.3, -0.25) is 4.99 Å². The van der Waals surface area contributed by atoms with Crippen LogP contribution in [0.4, 0.5) is 0 Å². The van der Waals surface area contributed by atoms with Crippen LogP contribution >= 0.6 is 0 Å². The third-order valence-corrected chi connectivity index (χ3v) is 1.66. The molecule has 0 saturated carbocycles. The molecule has 0 aromatic heterocycles. The van der Waals surface area contributed by atoms with Gasteiger partial charge in [-0.05, 0) is 0 Å². The molecular formula is C9H22IN3. The summed E-state index contributed by atoms with van der Waals surface area (Å²) in [5, 5.41) is 0. The zero-order chi connectivity index (χ0) is 9.61. The van der Waals surface area contributed by atoms with Crippen molar-refractivity contribution in [2.24, 2.45) is 10.7 Å². The van der Waals surface area contributed by atoms with E-state index in [0.717, 1.165) is 36.2 Å². The standard InChI is InChI=1S/C9H22N3.HI/c1-5-9(10)11-7-6-8-12(2,3)4;/h5-8H2,1-4H3,(H2,10,11);1H/q+1;/p-1. The first kappa shape index (κ1) is 15.6. The zero-order valence-electron chi connectivity index (χ0n) is 9.18. The molecule has 0 heterocycles. The van der Waals surface area contributed by atoms with E-state index in [-0.39, 0.29) is 24.0 Å². The van der Waals surface area contributed by atoms with E-state index in [1.165, 1.54) is 0 Å². The van der Waals surface area contributed by atoms with Crippen LogP contribution in [0.5, 0.6) is 0 Å². The summed E-state index contributed by atoms with van der Waals surface area (Å²) in [4.78, 5) is 4.23. The quantitative estimate of drug-likeness (QED) is 0.203. The van der Waals surface area contributed by atoms with Gasteiger partial charge >= 0.3 is 0 Å². The maximum atomic E-state index is 5.57. The number of rotatable bonds is 5. The van der Waals surface area contributed by atoms with E-state index in [4.69, 9.17) is 5.73 Å². The van der Waals surface area contributed by atoms with Crippen molar-refractivity contribution in [2.75, 3.05) is 34.2 Å². The minimum absolute atomic E-state index is 0. The molecule has 0 aliphatic rings. The Balaban J connectivity index is 0. The summed E-state index contributed by atoms with van der Waals surface area (Å²) in [6.45, 7) is 4.05. The lowest BCUT2D eigenvalue weighted by atomic mass is 10.3. The van der Waals surface area contributed by atoms with E-state index in [1.54, 1.807) is 0 Å². The van der Waals surface area contributed by atoms with E-state index >= 15 is 0 Å². The van der Waals surface area contributed by atoms with Gasteiger partial charge in [0.2, 0.25) is 0 Å². The van der Waals surface area contributed by atoms with Gasteiger partial charge in [0, 0.05) is 19.4 Å². The summed E-state index contributed by atoms with van der Waals surface area (Å²) in [7, 11) is 6.56. The number of hydrogen-bond donors (Lipinski definition) is 1. The molecule has 0 aliphatic carbocycles. The second kappa shape index (κ2) is 7.55. The van der Waals surface area contributed by atoms with Gasteiger partial charge in [-0.1, -0.05) is 6.92 Å². The number of amidine groups is 1. The number of aliphatic imine (C=N–C) groups is 1. The second-order valence-electron chi connectivity index (χ2n) is 4.09. The molecule has 0 fully saturated rings. The first-order valence-electron chi connectivity index (χ1n) is 4.55. The minimum atomic E-state index is 0. The third kappa shape index (κ3) is 12.2. The first-order chi connectivity index (χ1) is 5.45. The van der Waals surface area contributed by atoms with Crippen LogP contribution in [-0.4, -0.2) is 44.6 Å². The summed E-state index contributed by atoms with van der Waals surface area (Å²) in [6, 6.07) is 0. The van der Waals surface area contributed by atoms with Crippen molar-refractivity contribution in [1.29, 1.82) is 0 Å². The normalized spacial score (nSPS) is 12.5. The highest BCUT2D eigenvalue weighted by Crippen LogP contribution is 1.93. The van der Waals surface area contributed by atoms with E-state index in [2.05, 4.69) is 26.1 Å². The van der Waals surface area contributed by atoms with Crippen molar-refractivity contribution in [3.05, 3.63) is 0 Å². The smallest absolute Gasteiger partial charge is 0.0934 e. The summed E-state index contributed by atoms with van der Waals surface area (Å²) in [6.07, 6.45) is 1.98. The Kier molecular flexibility index (Phi) is 9.08. The van der Waals surface area contributed by atoms with E-state index < -0.39 is 0 Å². The highest BCUT2D eigenvalue weighted by Gasteiger charge is 2.04. The molecule has 0 unspecified atom stereocenters. The molecule has 0 aromatic rings. The van der Waals surface area contributed by atoms with Crippen LogP contribution in [0.1, 0.15) is 19.8 Å². The van der Waals surface area contributed by atoms with Crippen LogP contribution < -0.4 is 29.7 Å². The Hall–Kier alpha value is 0.160. The van der Waals surface area contributed by atoms with Gasteiger partial charge in [0.15, 0.2) is 0 Å². The van der Waals surface area contributed by atoms with Crippen LogP contribution in [0.15, 0.2) is 4.99 Å². The average molecular weight is 299 g/mol. The average Bonchev–Trinajstić information content (AvgIpc) is 1.96. The molecule has 13 heavy (non-hydrogen) atoms. The molecule has 80 valence electrons. The fourth-order valence-corrected chi connectivity index (χ4v) is 0.880. The van der Waals surface area contributed by atoms with Gasteiger partial charge in [0.1, 0.15) is 0 Å². The van der Waals surface area contributed by atoms with Gasteiger partial charge < -0.3 is 34.2 Å². The summed E-state index contributed by atoms with van der Waals surface area (Å²) in [5.74, 6) is 0.774. The zero-order valence-corrected chi connectivity index (χ0v) is 11.3. The second-order valence-corrected chi connectivity index (χ2v) is 4.09. The fraction of sp³-hybridized carbons (Fsp3) is 0.889. The molecule has 0 bridgehead atoms. The van der Waals surface area contributed by atoms with Crippen molar-refractivity contribution in [3.8, 4) is 0 Å². The van der Waals surface area contributed by atoms with Gasteiger partial charge in [-0.15, -0.1) is 0 Å². The molecule has 0 amide bonds. The minimum Gasteiger partial charge on any atom is -1.00 e. The molecule has 0 spiro atoms. The maximum Gasteiger partial charge on any atom is 0.0934 e. The predicted octanol–water partition coefficient (Wildman–Crippen LogP) is -2.15. The Bertz CT molecular complexity index is 149. The summed E-state index contributed by atoms with van der Waals surface area (Å²) >= 11 is 0. The lowest BCUT2D eigenvalue weighted by molar-refractivity contribution is -0.870. The SMILES string of the molecule is CCC(N)=NCCC[N+](C)(C)C.[I-]. The molecule has 4 heteroatoms. The maximum absolute atomic E-state index is 5.57. The number of halogens is 1. The molecule has 2 N–H and O–H groups in total. The molecular weight excluding hydrogens is 277 g/mol. The van der Waals surface area contributed by atoms with Crippen molar-refractivity contribution in [2.45, 2.75) is 19.8 Å². The number of nitrogens with two attached hydrogens (primary N) is 1. The topological polar surface area (TPSA) is 38.4 Å². The summed E-state index contributed by atoms with van der Waals surface area (Å²) < 4.78 is 1.00. The Morgan fingerprint density at radius 3 is 2.23 bits per heavy atom. The molecule has 0 aromatic carbocycles. The lowest BCUT2D eigenvalue weighted by Gasteiger charge is -2.23. The van der Waals surface area contributed by atoms with E-state index in [1.807, 2.05) is 6.92 Å². The van der Waals surface area contributed by atoms with Crippen molar-refractivity contribution in [1.82, 2.24) is 0 Å². The van der Waals surface area contributed by atoms with Crippen LogP contribution in [0.3, 0.4) is 0 Å². The number of quaternary nitrogens is 1. The highest BCUT2D eigenvalue weighted by atomic mass is 127. The highest BCUT2D eigenvalue weighted by molar-refractivity contribution is 5.79. The van der Waals surface area contributed by atoms with Gasteiger partial charge in [-0.2, -0.15) is 0 Å². The van der Waals surface area contributed by atoms with Crippen molar-refractivity contribution in [3.63, 3.8) is 0 Å². The number of hydrogen-bond acceptors (Lipinski definition) is 1. The largest absolute Gasteiger partial charge is 1.00 e. The third-order valence-electron chi connectivity index (χ3n) is 1.66. The van der Waals surface area contributed by atoms with Crippen LogP contribution in [0.25, 0.3) is 0 Å². The van der Waals surface area contributed by atoms with Crippen LogP contribution in [0.2, 0.25) is 0 Å². The Morgan fingerprint density at radius 2 is 1.85 bits per heavy atom. The molecule has 0 radical (unpaired) electrons. The Morgan fingerprint density at radius 1 is 1.31 bits per heavy atom. The van der Waals surface area contributed by atoms with Gasteiger partial charge in [-0.25, -0.2) is 0 Å². The molecule has 3 nitrogen and oxygen atoms in total. The summed E-state index contributed by atoms with van der Waals surface area (Å²) in [5.41, 5.74) is 5.57. The first-order valence-corrected chi connectivity index (χ1v) is 4.55. The van der Waals surface area contributed by atoms with Crippen molar-refractivity contribution >= 4 is 5.84 Å². The lowest BCUT2D eigenvalue weighted by Crippen LogP contribution is -3.00.